The first-order valence-electron chi connectivity index (χ1n) is 10.3. The number of carbonyl (C=O) groups is 2. The molecule has 4 rings (SSSR count). The Kier molecular flexibility index (Phi) is 6.91. The number of halogens is 1. The maximum atomic E-state index is 12.8. The molecule has 0 aliphatic carbocycles. The number of rotatable bonds is 8. The number of methoxy groups -OCH3 is 1. The summed E-state index contributed by atoms with van der Waals surface area (Å²) in [6, 6.07) is 18.0. The van der Waals surface area contributed by atoms with Crippen molar-refractivity contribution in [3.05, 3.63) is 82.4 Å². The van der Waals surface area contributed by atoms with Gasteiger partial charge in [0.05, 0.1) is 33.6 Å². The number of carbonyl (C=O) groups excluding carboxylic acids is 2. The second-order valence-electron chi connectivity index (χ2n) is 7.39. The van der Waals surface area contributed by atoms with Crippen LogP contribution in [0.15, 0.2) is 60.7 Å². The minimum atomic E-state index is -0.238. The molecule has 0 fully saturated rings. The van der Waals surface area contributed by atoms with Crippen LogP contribution in [0.1, 0.15) is 32.7 Å². The molecule has 33 heavy (non-hydrogen) atoms. The number of nitrogens with zero attached hydrogens (tertiary/aromatic N) is 1. The molecular formula is C25H22ClN3O3S. The van der Waals surface area contributed by atoms with E-state index in [2.05, 4.69) is 15.6 Å². The van der Waals surface area contributed by atoms with E-state index < -0.39 is 0 Å². The maximum absolute atomic E-state index is 12.8. The van der Waals surface area contributed by atoms with E-state index in [0.29, 0.717) is 45.7 Å². The summed E-state index contributed by atoms with van der Waals surface area (Å²) in [7, 11) is 1.55. The van der Waals surface area contributed by atoms with Crippen LogP contribution in [0.4, 0.5) is 10.8 Å². The number of Topliss-reactive ketones (excluding diaryl/α,β-unsaturated/α-hetero) is 1. The topological polar surface area (TPSA) is 80.3 Å². The van der Waals surface area contributed by atoms with Gasteiger partial charge in [0, 0.05) is 18.5 Å². The second-order valence-corrected chi connectivity index (χ2v) is 8.83. The molecule has 0 bridgehead atoms. The number of thiazole rings is 1. The number of aromatic nitrogens is 1. The Labute approximate surface area is 200 Å². The van der Waals surface area contributed by atoms with E-state index in [4.69, 9.17) is 16.3 Å². The first kappa shape index (κ1) is 22.8. The average Bonchev–Trinajstić information content (AvgIpc) is 3.23. The lowest BCUT2D eigenvalue weighted by atomic mass is 10.1. The van der Waals surface area contributed by atoms with E-state index in [9.17, 15) is 9.59 Å². The highest BCUT2D eigenvalue weighted by molar-refractivity contribution is 7.22. The number of fused-ring (bicyclic) bond motifs is 1. The van der Waals surface area contributed by atoms with Crippen molar-refractivity contribution in [1.29, 1.82) is 0 Å². The van der Waals surface area contributed by atoms with Gasteiger partial charge in [-0.1, -0.05) is 47.2 Å². The fraction of sp³-hybridized carbons (Fsp3) is 0.160. The van der Waals surface area contributed by atoms with Crippen LogP contribution in [0, 0.1) is 6.92 Å². The molecule has 0 unspecified atom stereocenters. The lowest BCUT2D eigenvalue weighted by Crippen LogP contribution is -2.13. The molecule has 6 nitrogen and oxygen atoms in total. The predicted octanol–water partition coefficient (Wildman–Crippen LogP) is 6.20. The SMILES string of the molecule is COc1ccccc1C(=O)CCNc1nc2ccc(C(=O)Nc3c(C)cccc3Cl)cc2s1. The summed E-state index contributed by atoms with van der Waals surface area (Å²) >= 11 is 7.66. The Hall–Kier alpha value is -3.42. The molecule has 0 spiro atoms. The van der Waals surface area contributed by atoms with E-state index in [1.165, 1.54) is 11.3 Å². The Morgan fingerprint density at radius 3 is 2.70 bits per heavy atom. The van der Waals surface area contributed by atoms with E-state index in [-0.39, 0.29) is 11.7 Å². The molecule has 0 aliphatic rings. The number of anilines is 2. The molecule has 0 radical (unpaired) electrons. The van der Waals surface area contributed by atoms with Gasteiger partial charge in [0.2, 0.25) is 0 Å². The standard InChI is InChI=1S/C25H22ClN3O3S/c1-15-6-5-8-18(26)23(15)29-24(31)16-10-11-19-22(14-16)33-25(28-19)27-13-12-20(30)17-7-3-4-9-21(17)32-2/h3-11,14H,12-13H2,1-2H3,(H,27,28)(H,29,31). The normalized spacial score (nSPS) is 10.8. The highest BCUT2D eigenvalue weighted by Crippen LogP contribution is 2.29. The van der Waals surface area contributed by atoms with Crippen molar-refractivity contribution in [2.45, 2.75) is 13.3 Å². The summed E-state index contributed by atoms with van der Waals surface area (Å²) in [5.74, 6) is 0.327. The van der Waals surface area contributed by atoms with E-state index in [0.717, 1.165) is 15.8 Å². The lowest BCUT2D eigenvalue weighted by Gasteiger charge is -2.10. The number of para-hydroxylation sites is 2. The van der Waals surface area contributed by atoms with Crippen molar-refractivity contribution in [3.63, 3.8) is 0 Å². The van der Waals surface area contributed by atoms with Crippen LogP contribution in [-0.4, -0.2) is 30.3 Å². The Morgan fingerprint density at radius 1 is 1.09 bits per heavy atom. The maximum Gasteiger partial charge on any atom is 0.255 e. The first-order valence-corrected chi connectivity index (χ1v) is 11.5. The number of amides is 1. The summed E-state index contributed by atoms with van der Waals surface area (Å²) in [5.41, 5.74) is 3.36. The molecule has 1 heterocycles. The van der Waals surface area contributed by atoms with Crippen LogP contribution in [-0.2, 0) is 0 Å². The summed E-state index contributed by atoms with van der Waals surface area (Å²) in [6.07, 6.45) is 0.307. The Bertz CT molecular complexity index is 1320. The molecule has 8 heteroatoms. The molecule has 4 aromatic rings. The molecule has 0 saturated heterocycles. The van der Waals surface area contributed by atoms with E-state index >= 15 is 0 Å². The smallest absolute Gasteiger partial charge is 0.255 e. The van der Waals surface area contributed by atoms with Gasteiger partial charge in [-0.25, -0.2) is 4.98 Å². The minimum Gasteiger partial charge on any atom is -0.496 e. The van der Waals surface area contributed by atoms with Gasteiger partial charge in [-0.2, -0.15) is 0 Å². The van der Waals surface area contributed by atoms with Crippen molar-refractivity contribution < 1.29 is 14.3 Å². The van der Waals surface area contributed by atoms with Crippen molar-refractivity contribution in [3.8, 4) is 5.75 Å². The fourth-order valence-electron chi connectivity index (χ4n) is 3.41. The summed E-state index contributed by atoms with van der Waals surface area (Å²) in [5, 5.41) is 7.28. The zero-order valence-electron chi connectivity index (χ0n) is 18.1. The Balaban J connectivity index is 1.41. The van der Waals surface area contributed by atoms with Crippen molar-refractivity contribution in [1.82, 2.24) is 4.98 Å². The summed E-state index contributed by atoms with van der Waals surface area (Å²) < 4.78 is 6.13. The van der Waals surface area contributed by atoms with Crippen LogP contribution in [0.3, 0.4) is 0 Å². The molecule has 168 valence electrons. The van der Waals surface area contributed by atoms with Crippen LogP contribution in [0.5, 0.6) is 5.75 Å². The van der Waals surface area contributed by atoms with Crippen LogP contribution >= 0.6 is 22.9 Å². The van der Waals surface area contributed by atoms with Gasteiger partial charge in [-0.15, -0.1) is 0 Å². The Morgan fingerprint density at radius 2 is 1.91 bits per heavy atom. The van der Waals surface area contributed by atoms with Crippen LogP contribution in [0.2, 0.25) is 5.02 Å². The van der Waals surface area contributed by atoms with Crippen molar-refractivity contribution in [2.24, 2.45) is 0 Å². The molecule has 0 aliphatic heterocycles. The molecule has 1 amide bonds. The fourth-order valence-corrected chi connectivity index (χ4v) is 4.61. The second kappa shape index (κ2) is 10.0. The van der Waals surface area contributed by atoms with Gasteiger partial charge < -0.3 is 15.4 Å². The van der Waals surface area contributed by atoms with Crippen molar-refractivity contribution >= 4 is 55.7 Å². The van der Waals surface area contributed by atoms with Gasteiger partial charge >= 0.3 is 0 Å². The zero-order valence-corrected chi connectivity index (χ0v) is 19.7. The van der Waals surface area contributed by atoms with Gasteiger partial charge in [-0.05, 0) is 48.9 Å². The van der Waals surface area contributed by atoms with Gasteiger partial charge in [0.15, 0.2) is 10.9 Å². The third kappa shape index (κ3) is 5.16. The van der Waals surface area contributed by atoms with E-state index in [1.807, 2.05) is 37.3 Å². The number of aryl methyl sites for hydroxylation is 1. The number of benzene rings is 3. The van der Waals surface area contributed by atoms with Crippen molar-refractivity contribution in [2.75, 3.05) is 24.3 Å². The molecule has 0 atom stereocenters. The largest absolute Gasteiger partial charge is 0.496 e. The predicted molar refractivity (Wildman–Crippen MR) is 134 cm³/mol. The molecule has 1 aromatic heterocycles. The highest BCUT2D eigenvalue weighted by Gasteiger charge is 2.14. The number of ketones is 1. The van der Waals surface area contributed by atoms with E-state index in [1.54, 1.807) is 37.4 Å². The number of ether oxygens (including phenoxy) is 1. The third-order valence-electron chi connectivity index (χ3n) is 5.15. The summed E-state index contributed by atoms with van der Waals surface area (Å²) in [4.78, 5) is 29.8. The minimum absolute atomic E-state index is 0.00474. The van der Waals surface area contributed by atoms with Gasteiger partial charge in [-0.3, -0.25) is 9.59 Å². The summed E-state index contributed by atoms with van der Waals surface area (Å²) in [6.45, 7) is 2.33. The molecular weight excluding hydrogens is 458 g/mol. The molecule has 3 aromatic carbocycles. The van der Waals surface area contributed by atoms with Crippen LogP contribution < -0.4 is 15.4 Å². The van der Waals surface area contributed by atoms with Gasteiger partial charge in [0.25, 0.3) is 5.91 Å². The molecule has 2 N–H and O–H groups in total. The average molecular weight is 480 g/mol. The number of hydrogen-bond donors (Lipinski definition) is 2. The zero-order chi connectivity index (χ0) is 23.4. The number of nitrogens with one attached hydrogen (secondary N) is 2. The highest BCUT2D eigenvalue weighted by atomic mass is 35.5. The van der Waals surface area contributed by atoms with Gasteiger partial charge in [0.1, 0.15) is 5.75 Å². The van der Waals surface area contributed by atoms with Crippen LogP contribution in [0.25, 0.3) is 10.2 Å². The lowest BCUT2D eigenvalue weighted by molar-refractivity contribution is 0.0982. The first-order chi connectivity index (χ1) is 16.0. The molecule has 0 saturated carbocycles. The quantitative estimate of drug-likeness (QED) is 0.294. The number of hydrogen-bond acceptors (Lipinski definition) is 6. The third-order valence-corrected chi connectivity index (χ3v) is 6.44. The monoisotopic (exact) mass is 479 g/mol.